The largest absolute Gasteiger partial charge is 0.402 e. The highest BCUT2D eigenvalue weighted by atomic mass is 15.2. The molecule has 3 rings (SSSR count). The van der Waals surface area contributed by atoms with E-state index in [0.29, 0.717) is 18.3 Å². The van der Waals surface area contributed by atoms with Crippen molar-refractivity contribution >= 4 is 5.82 Å². The number of anilines is 1. The van der Waals surface area contributed by atoms with Crippen molar-refractivity contribution in [3.05, 3.63) is 41.5 Å². The Kier molecular flexibility index (Phi) is 4.39. The number of aryl methyl sites for hydroxylation is 1. The Balaban J connectivity index is 2.01. The average Bonchev–Trinajstić information content (AvgIpc) is 2.93. The van der Waals surface area contributed by atoms with Crippen LogP contribution in [0.4, 0.5) is 5.82 Å². The third kappa shape index (κ3) is 3.24. The van der Waals surface area contributed by atoms with E-state index in [4.69, 9.17) is 21.4 Å². The molecule has 4 N–H and O–H groups in total. The molecule has 2 unspecified atom stereocenters. The van der Waals surface area contributed by atoms with E-state index in [2.05, 4.69) is 24.8 Å². The minimum Gasteiger partial charge on any atom is -0.402 e. The monoisotopic (exact) mass is 313 g/mol. The molecule has 0 radical (unpaired) electrons. The zero-order chi connectivity index (χ0) is 16.4. The second kappa shape index (κ2) is 6.32. The van der Waals surface area contributed by atoms with Crippen molar-refractivity contribution in [2.24, 2.45) is 11.5 Å². The number of allylic oxidation sites excluding steroid dienone is 2. The van der Waals surface area contributed by atoms with Crippen molar-refractivity contribution in [3.63, 3.8) is 0 Å². The van der Waals surface area contributed by atoms with Crippen molar-refractivity contribution < 1.29 is 0 Å². The molecule has 0 spiro atoms. The number of nitrogens with two attached hydrogens (primary N) is 2. The van der Waals surface area contributed by atoms with Gasteiger partial charge in [0.05, 0.1) is 0 Å². The lowest BCUT2D eigenvalue weighted by Crippen LogP contribution is -2.40. The summed E-state index contributed by atoms with van der Waals surface area (Å²) in [5.74, 6) is 1.69. The van der Waals surface area contributed by atoms with Gasteiger partial charge in [-0.05, 0) is 32.3 Å². The van der Waals surface area contributed by atoms with Gasteiger partial charge in [-0.1, -0.05) is 25.5 Å². The van der Waals surface area contributed by atoms with Crippen LogP contribution in [0.3, 0.4) is 0 Å². The number of nitrogens with zero attached hydrogens (tertiary/aromatic N) is 3. The average molecular weight is 313 g/mol. The normalized spacial score (nSPS) is 27.3. The van der Waals surface area contributed by atoms with Crippen LogP contribution >= 0.6 is 0 Å². The highest BCUT2D eigenvalue weighted by Crippen LogP contribution is 2.30. The molecule has 2 aliphatic rings. The van der Waals surface area contributed by atoms with Crippen molar-refractivity contribution in [2.75, 3.05) is 11.4 Å². The smallest absolute Gasteiger partial charge is 0.155 e. The molecule has 1 aromatic rings. The lowest BCUT2D eigenvalue weighted by molar-refractivity contribution is 0.505. The van der Waals surface area contributed by atoms with E-state index in [1.165, 1.54) is 12.8 Å². The second-order valence-corrected chi connectivity index (χ2v) is 6.79. The van der Waals surface area contributed by atoms with Gasteiger partial charge in [-0.25, -0.2) is 9.97 Å². The van der Waals surface area contributed by atoms with Gasteiger partial charge in [0.2, 0.25) is 0 Å². The van der Waals surface area contributed by atoms with Gasteiger partial charge < -0.3 is 16.4 Å². The number of rotatable bonds is 4. The fraction of sp³-hybridized carbons (Fsp3) is 0.556. The molecule has 5 nitrogen and oxygen atoms in total. The molecule has 1 aromatic heterocycles. The van der Waals surface area contributed by atoms with Gasteiger partial charge in [0, 0.05) is 36.5 Å². The van der Waals surface area contributed by atoms with Crippen LogP contribution in [0.1, 0.15) is 51.0 Å². The van der Waals surface area contributed by atoms with Crippen molar-refractivity contribution in [2.45, 2.75) is 57.5 Å². The van der Waals surface area contributed by atoms with Crippen molar-refractivity contribution in [1.29, 1.82) is 0 Å². The van der Waals surface area contributed by atoms with Gasteiger partial charge >= 0.3 is 0 Å². The number of hydrogen-bond acceptors (Lipinski definition) is 5. The summed E-state index contributed by atoms with van der Waals surface area (Å²) in [5.41, 5.74) is 13.7. The van der Waals surface area contributed by atoms with Gasteiger partial charge in [0.25, 0.3) is 0 Å². The maximum absolute atomic E-state index is 6.59. The second-order valence-electron chi connectivity index (χ2n) is 6.79. The maximum atomic E-state index is 6.59. The van der Waals surface area contributed by atoms with Gasteiger partial charge in [-0.3, -0.25) is 0 Å². The summed E-state index contributed by atoms with van der Waals surface area (Å²) in [6.45, 7) is 5.48. The number of aromatic nitrogens is 2. The molecule has 0 aromatic carbocycles. The number of hydrogen-bond donors (Lipinski definition) is 2. The lowest BCUT2D eigenvalue weighted by atomic mass is 9.89. The molecule has 0 saturated carbocycles. The molecule has 23 heavy (non-hydrogen) atoms. The Hall–Kier alpha value is -1.88. The highest BCUT2D eigenvalue weighted by Gasteiger charge is 2.32. The van der Waals surface area contributed by atoms with E-state index < -0.39 is 5.54 Å². The molecular formula is C18H27N5. The Morgan fingerprint density at radius 3 is 2.87 bits per heavy atom. The Bertz CT molecular complexity index is 636. The van der Waals surface area contributed by atoms with Crippen LogP contribution in [-0.4, -0.2) is 22.6 Å². The molecule has 1 fully saturated rings. The van der Waals surface area contributed by atoms with Crippen LogP contribution in [0.15, 0.2) is 30.0 Å². The molecule has 2 atom stereocenters. The Morgan fingerprint density at radius 1 is 1.39 bits per heavy atom. The highest BCUT2D eigenvalue weighted by molar-refractivity contribution is 5.44. The third-order valence-corrected chi connectivity index (χ3v) is 4.74. The Labute approximate surface area is 138 Å². The summed E-state index contributed by atoms with van der Waals surface area (Å²) >= 11 is 0. The quantitative estimate of drug-likeness (QED) is 0.892. The van der Waals surface area contributed by atoms with Crippen LogP contribution in [0.25, 0.3) is 0 Å². The van der Waals surface area contributed by atoms with Gasteiger partial charge in [0.1, 0.15) is 11.4 Å². The van der Waals surface area contributed by atoms with Crippen LogP contribution < -0.4 is 16.4 Å². The first-order valence-corrected chi connectivity index (χ1v) is 8.59. The fourth-order valence-electron chi connectivity index (χ4n) is 3.45. The van der Waals surface area contributed by atoms with Crippen molar-refractivity contribution in [1.82, 2.24) is 9.97 Å². The first kappa shape index (κ1) is 16.0. The van der Waals surface area contributed by atoms with Crippen molar-refractivity contribution in [3.8, 4) is 0 Å². The van der Waals surface area contributed by atoms with Crippen LogP contribution in [0, 0.1) is 0 Å². The third-order valence-electron chi connectivity index (χ3n) is 4.74. The van der Waals surface area contributed by atoms with Gasteiger partial charge in [-0.2, -0.15) is 0 Å². The summed E-state index contributed by atoms with van der Waals surface area (Å²) in [5, 5.41) is 0. The minimum absolute atomic E-state index is 0.521. The molecule has 0 bridgehead atoms. The molecule has 0 amide bonds. The van der Waals surface area contributed by atoms with E-state index in [9.17, 15) is 0 Å². The minimum atomic E-state index is -0.708. The Morgan fingerprint density at radius 2 is 2.22 bits per heavy atom. The standard InChI is InChI=1S/C18H27N5/c1-3-6-15-11-16(23-10-5-7-13(23)2)22-17(21-15)18(20)9-4-8-14(19)12-18/h4,8-9,11,13H,3,5-7,10,12,19-20H2,1-2H3. The van der Waals surface area contributed by atoms with E-state index in [-0.39, 0.29) is 0 Å². The molecule has 1 aliphatic heterocycles. The molecule has 2 heterocycles. The molecule has 5 heteroatoms. The molecular weight excluding hydrogens is 286 g/mol. The summed E-state index contributed by atoms with van der Waals surface area (Å²) < 4.78 is 0. The first-order chi connectivity index (χ1) is 11.0. The maximum Gasteiger partial charge on any atom is 0.155 e. The zero-order valence-corrected chi connectivity index (χ0v) is 14.1. The fourth-order valence-corrected chi connectivity index (χ4v) is 3.45. The summed E-state index contributed by atoms with van der Waals surface area (Å²) in [6.07, 6.45) is 10.8. The van der Waals surface area contributed by atoms with E-state index in [1.54, 1.807) is 0 Å². The topological polar surface area (TPSA) is 81.1 Å². The summed E-state index contributed by atoms with van der Waals surface area (Å²) in [7, 11) is 0. The first-order valence-electron chi connectivity index (χ1n) is 8.59. The summed E-state index contributed by atoms with van der Waals surface area (Å²) in [4.78, 5) is 12.0. The van der Waals surface area contributed by atoms with Gasteiger partial charge in [-0.15, -0.1) is 0 Å². The lowest BCUT2D eigenvalue weighted by Gasteiger charge is -2.29. The van der Waals surface area contributed by atoms with Crippen LogP contribution in [0.2, 0.25) is 0 Å². The molecule has 1 aliphatic carbocycles. The van der Waals surface area contributed by atoms with E-state index in [0.717, 1.165) is 36.6 Å². The summed E-state index contributed by atoms with van der Waals surface area (Å²) in [6, 6.07) is 2.65. The zero-order valence-electron chi connectivity index (χ0n) is 14.1. The predicted octanol–water partition coefficient (Wildman–Crippen LogP) is 2.37. The SMILES string of the molecule is CCCc1cc(N2CCCC2C)nc(C2(N)C=CC=C(N)C2)n1. The van der Waals surface area contributed by atoms with Crippen LogP contribution in [0.5, 0.6) is 0 Å². The van der Waals surface area contributed by atoms with Gasteiger partial charge in [0.15, 0.2) is 5.82 Å². The van der Waals surface area contributed by atoms with Crippen LogP contribution in [-0.2, 0) is 12.0 Å². The predicted molar refractivity (Wildman–Crippen MR) is 94.0 cm³/mol. The molecule has 124 valence electrons. The molecule has 1 saturated heterocycles. The van der Waals surface area contributed by atoms with E-state index in [1.807, 2.05) is 18.2 Å². The van der Waals surface area contributed by atoms with E-state index >= 15 is 0 Å².